The van der Waals surface area contributed by atoms with Gasteiger partial charge in [0.15, 0.2) is 5.78 Å². The molecular formula is C17H21FO5. The monoisotopic (exact) mass is 324 g/mol. The van der Waals surface area contributed by atoms with Gasteiger partial charge in [-0.3, -0.25) is 14.4 Å². The van der Waals surface area contributed by atoms with Gasteiger partial charge in [-0.15, -0.1) is 0 Å². The van der Waals surface area contributed by atoms with Gasteiger partial charge in [0.05, 0.1) is 13.2 Å². The van der Waals surface area contributed by atoms with E-state index in [2.05, 4.69) is 0 Å². The van der Waals surface area contributed by atoms with Crippen LogP contribution >= 0.6 is 0 Å². The topological polar surface area (TPSA) is 69.7 Å². The van der Waals surface area contributed by atoms with Crippen molar-refractivity contribution in [1.82, 2.24) is 0 Å². The molecule has 0 amide bonds. The fourth-order valence-corrected chi connectivity index (χ4v) is 2.14. The number of carbonyl (C=O) groups excluding carboxylic acids is 3. The Labute approximate surface area is 134 Å². The summed E-state index contributed by atoms with van der Waals surface area (Å²) in [7, 11) is 0. The summed E-state index contributed by atoms with van der Waals surface area (Å²) in [6, 6.07) is 5.47. The number of carbonyl (C=O) groups is 3. The van der Waals surface area contributed by atoms with E-state index in [9.17, 15) is 18.8 Å². The van der Waals surface area contributed by atoms with E-state index >= 15 is 0 Å². The Morgan fingerprint density at radius 2 is 1.61 bits per heavy atom. The molecule has 0 bridgehead atoms. The number of hydrogen-bond acceptors (Lipinski definition) is 5. The zero-order valence-corrected chi connectivity index (χ0v) is 13.7. The first-order valence-electron chi connectivity index (χ1n) is 7.39. The standard InChI is InChI=1S/C17H21FO5/c1-5-22-15(20)13(16(21)23-6-2)14(19)17(3,4)11-8-7-9-12(18)10-11/h7-10,13H,5-6H2,1-4H3. The number of rotatable bonds is 7. The van der Waals surface area contributed by atoms with Crippen molar-refractivity contribution in [1.29, 1.82) is 0 Å². The smallest absolute Gasteiger partial charge is 0.328 e. The third-order valence-electron chi connectivity index (χ3n) is 3.47. The van der Waals surface area contributed by atoms with Gasteiger partial charge in [-0.05, 0) is 45.4 Å². The number of benzene rings is 1. The van der Waals surface area contributed by atoms with Gasteiger partial charge < -0.3 is 9.47 Å². The lowest BCUT2D eigenvalue weighted by molar-refractivity contribution is -0.165. The largest absolute Gasteiger partial charge is 0.465 e. The molecule has 1 rings (SSSR count). The molecule has 0 unspecified atom stereocenters. The highest BCUT2D eigenvalue weighted by atomic mass is 19.1. The molecule has 0 aromatic heterocycles. The Kier molecular flexibility index (Phi) is 6.42. The Morgan fingerprint density at radius 1 is 1.09 bits per heavy atom. The van der Waals surface area contributed by atoms with Crippen LogP contribution in [0, 0.1) is 11.7 Å². The molecule has 0 aliphatic carbocycles. The van der Waals surface area contributed by atoms with Gasteiger partial charge in [0.25, 0.3) is 0 Å². The van der Waals surface area contributed by atoms with Crippen LogP contribution in [0.15, 0.2) is 24.3 Å². The van der Waals surface area contributed by atoms with Gasteiger partial charge in [0, 0.05) is 5.41 Å². The Bertz CT molecular complexity index is 576. The minimum atomic E-state index is -1.69. The second kappa shape index (κ2) is 7.85. The van der Waals surface area contributed by atoms with E-state index < -0.39 is 34.9 Å². The predicted octanol–water partition coefficient (Wildman–Crippen LogP) is 2.41. The van der Waals surface area contributed by atoms with E-state index in [1.807, 2.05) is 0 Å². The molecule has 1 aromatic rings. The van der Waals surface area contributed by atoms with E-state index in [-0.39, 0.29) is 13.2 Å². The van der Waals surface area contributed by atoms with Crippen LogP contribution in [-0.2, 0) is 29.3 Å². The van der Waals surface area contributed by atoms with Crippen LogP contribution in [0.2, 0.25) is 0 Å². The third-order valence-corrected chi connectivity index (χ3v) is 3.47. The summed E-state index contributed by atoms with van der Waals surface area (Å²) in [5, 5.41) is 0. The molecule has 0 aliphatic rings. The highest BCUT2D eigenvalue weighted by molar-refractivity contribution is 6.17. The van der Waals surface area contributed by atoms with Crippen LogP contribution in [0.3, 0.4) is 0 Å². The van der Waals surface area contributed by atoms with Gasteiger partial charge in [-0.1, -0.05) is 12.1 Å². The summed E-state index contributed by atoms with van der Waals surface area (Å²) in [6.45, 7) is 6.25. The molecule has 0 radical (unpaired) electrons. The van der Waals surface area contributed by atoms with Gasteiger partial charge in [0.2, 0.25) is 5.92 Å². The average molecular weight is 324 g/mol. The zero-order valence-electron chi connectivity index (χ0n) is 13.7. The van der Waals surface area contributed by atoms with Crippen LogP contribution in [0.4, 0.5) is 4.39 Å². The lowest BCUT2D eigenvalue weighted by atomic mass is 9.75. The van der Waals surface area contributed by atoms with E-state index in [1.54, 1.807) is 19.9 Å². The predicted molar refractivity (Wildman–Crippen MR) is 81.2 cm³/mol. The van der Waals surface area contributed by atoms with Gasteiger partial charge in [0.1, 0.15) is 5.82 Å². The molecular weight excluding hydrogens is 303 g/mol. The van der Waals surface area contributed by atoms with E-state index in [1.165, 1.54) is 32.0 Å². The molecule has 0 heterocycles. The van der Waals surface area contributed by atoms with Gasteiger partial charge in [-0.25, -0.2) is 4.39 Å². The summed E-state index contributed by atoms with van der Waals surface area (Å²) >= 11 is 0. The average Bonchev–Trinajstić information content (AvgIpc) is 2.47. The van der Waals surface area contributed by atoms with Crippen LogP contribution in [0.25, 0.3) is 0 Å². The summed E-state index contributed by atoms with van der Waals surface area (Å²) in [5.41, 5.74) is -0.896. The lowest BCUT2D eigenvalue weighted by Gasteiger charge is -2.27. The third kappa shape index (κ3) is 4.37. The molecule has 126 valence electrons. The molecule has 5 nitrogen and oxygen atoms in total. The van der Waals surface area contributed by atoms with Crippen molar-refractivity contribution >= 4 is 17.7 Å². The molecule has 0 saturated carbocycles. The van der Waals surface area contributed by atoms with Crippen molar-refractivity contribution in [3.63, 3.8) is 0 Å². The molecule has 6 heteroatoms. The molecule has 0 N–H and O–H groups in total. The van der Waals surface area contributed by atoms with Gasteiger partial charge in [-0.2, -0.15) is 0 Å². The normalized spacial score (nSPS) is 11.2. The first-order chi connectivity index (χ1) is 10.8. The van der Waals surface area contributed by atoms with Crippen molar-refractivity contribution < 1.29 is 28.2 Å². The lowest BCUT2D eigenvalue weighted by Crippen LogP contribution is -2.44. The zero-order chi connectivity index (χ0) is 17.6. The van der Waals surface area contributed by atoms with Crippen molar-refractivity contribution in [2.24, 2.45) is 5.92 Å². The maximum atomic E-state index is 13.4. The number of Topliss-reactive ketones (excluding diaryl/α,β-unsaturated/α-hetero) is 1. The van der Waals surface area contributed by atoms with Crippen LogP contribution in [0.5, 0.6) is 0 Å². The minimum absolute atomic E-state index is 0.0302. The van der Waals surface area contributed by atoms with Crippen molar-refractivity contribution in [3.05, 3.63) is 35.6 Å². The van der Waals surface area contributed by atoms with E-state index in [0.717, 1.165) is 0 Å². The highest BCUT2D eigenvalue weighted by Crippen LogP contribution is 2.29. The first-order valence-corrected chi connectivity index (χ1v) is 7.39. The maximum absolute atomic E-state index is 13.4. The Hall–Kier alpha value is -2.24. The van der Waals surface area contributed by atoms with Crippen LogP contribution < -0.4 is 0 Å². The first kappa shape index (κ1) is 18.8. The summed E-state index contributed by atoms with van der Waals surface area (Å²) in [6.07, 6.45) is 0. The molecule has 0 spiro atoms. The SMILES string of the molecule is CCOC(=O)C(C(=O)OCC)C(=O)C(C)(C)c1cccc(F)c1. The second-order valence-corrected chi connectivity index (χ2v) is 5.44. The second-order valence-electron chi connectivity index (χ2n) is 5.44. The van der Waals surface area contributed by atoms with Gasteiger partial charge >= 0.3 is 11.9 Å². The van der Waals surface area contributed by atoms with Crippen LogP contribution in [0.1, 0.15) is 33.3 Å². The van der Waals surface area contributed by atoms with Crippen LogP contribution in [-0.4, -0.2) is 30.9 Å². The minimum Gasteiger partial charge on any atom is -0.465 e. The maximum Gasteiger partial charge on any atom is 0.328 e. The quantitative estimate of drug-likeness (QED) is 0.569. The highest BCUT2D eigenvalue weighted by Gasteiger charge is 2.45. The number of halogens is 1. The Balaban J connectivity index is 3.21. The molecule has 0 atom stereocenters. The fraction of sp³-hybridized carbons (Fsp3) is 0.471. The Morgan fingerprint density at radius 3 is 2.04 bits per heavy atom. The number of hydrogen-bond donors (Lipinski definition) is 0. The number of ketones is 1. The fourth-order valence-electron chi connectivity index (χ4n) is 2.14. The molecule has 0 saturated heterocycles. The van der Waals surface area contributed by atoms with Crippen molar-refractivity contribution in [3.8, 4) is 0 Å². The van der Waals surface area contributed by atoms with Crippen molar-refractivity contribution in [2.75, 3.05) is 13.2 Å². The summed E-state index contributed by atoms with van der Waals surface area (Å²) in [5.74, 6) is -4.80. The summed E-state index contributed by atoms with van der Waals surface area (Å²) in [4.78, 5) is 36.8. The van der Waals surface area contributed by atoms with E-state index in [4.69, 9.17) is 9.47 Å². The van der Waals surface area contributed by atoms with E-state index in [0.29, 0.717) is 5.56 Å². The summed E-state index contributed by atoms with van der Waals surface area (Å²) < 4.78 is 23.1. The molecule has 0 fully saturated rings. The number of esters is 2. The van der Waals surface area contributed by atoms with Crippen molar-refractivity contribution in [2.45, 2.75) is 33.1 Å². The molecule has 0 aliphatic heterocycles. The molecule has 23 heavy (non-hydrogen) atoms. The number of ether oxygens (including phenoxy) is 2. The molecule has 1 aromatic carbocycles.